The number of pyridine rings is 2. The fourth-order valence-electron chi connectivity index (χ4n) is 2.24. The lowest BCUT2D eigenvalue weighted by molar-refractivity contribution is 0.0600. The Morgan fingerprint density at radius 3 is 2.78 bits per heavy atom. The van der Waals surface area contributed by atoms with E-state index < -0.39 is 0 Å². The molecule has 0 fully saturated rings. The van der Waals surface area contributed by atoms with E-state index in [2.05, 4.69) is 15.1 Å². The summed E-state index contributed by atoms with van der Waals surface area (Å²) < 4.78 is 6.54. The predicted octanol–water partition coefficient (Wildman–Crippen LogP) is 2.10. The highest BCUT2D eigenvalue weighted by molar-refractivity contribution is 5.89. The molecule has 6 heteroatoms. The van der Waals surface area contributed by atoms with Crippen LogP contribution in [0.4, 0.5) is 0 Å². The first-order chi connectivity index (χ1) is 11.2. The van der Waals surface area contributed by atoms with E-state index in [9.17, 15) is 4.79 Å². The summed E-state index contributed by atoms with van der Waals surface area (Å²) in [7, 11) is 1.37. The monoisotopic (exact) mass is 308 g/mol. The lowest BCUT2D eigenvalue weighted by Crippen LogP contribution is -2.04. The Hall–Kier alpha value is -3.02. The maximum absolute atomic E-state index is 11.5. The van der Waals surface area contributed by atoms with E-state index in [1.165, 1.54) is 7.11 Å². The van der Waals surface area contributed by atoms with Crippen molar-refractivity contribution < 1.29 is 9.53 Å². The fourth-order valence-corrected chi connectivity index (χ4v) is 2.24. The van der Waals surface area contributed by atoms with Crippen molar-refractivity contribution in [2.24, 2.45) is 0 Å². The molecule has 3 aromatic rings. The Morgan fingerprint density at radius 2 is 2.09 bits per heavy atom. The SMILES string of the molecule is COC(=O)c1ccnc(Cc2ccc(Cn3cccn3)nc2)c1. The van der Waals surface area contributed by atoms with Gasteiger partial charge in [-0.1, -0.05) is 6.07 Å². The fraction of sp³-hybridized carbons (Fsp3) is 0.176. The minimum atomic E-state index is -0.360. The summed E-state index contributed by atoms with van der Waals surface area (Å²) in [6.07, 6.45) is 7.69. The van der Waals surface area contributed by atoms with Gasteiger partial charge in [0.05, 0.1) is 24.9 Å². The third-order valence-corrected chi connectivity index (χ3v) is 3.39. The van der Waals surface area contributed by atoms with Crippen molar-refractivity contribution >= 4 is 5.97 Å². The van der Waals surface area contributed by atoms with Crippen molar-refractivity contribution in [1.82, 2.24) is 19.7 Å². The number of ether oxygens (including phenoxy) is 1. The molecular formula is C17H16N4O2. The summed E-state index contributed by atoms with van der Waals surface area (Å²) in [6, 6.07) is 9.25. The highest BCUT2D eigenvalue weighted by Gasteiger charge is 2.07. The molecule has 3 heterocycles. The number of carbonyl (C=O) groups is 1. The second-order valence-corrected chi connectivity index (χ2v) is 5.07. The van der Waals surface area contributed by atoms with Gasteiger partial charge in [-0.2, -0.15) is 5.10 Å². The maximum Gasteiger partial charge on any atom is 0.337 e. The van der Waals surface area contributed by atoms with Gasteiger partial charge in [0, 0.05) is 36.9 Å². The van der Waals surface area contributed by atoms with Crippen LogP contribution in [-0.4, -0.2) is 32.8 Å². The van der Waals surface area contributed by atoms with Gasteiger partial charge < -0.3 is 4.74 Å². The van der Waals surface area contributed by atoms with E-state index in [1.54, 1.807) is 24.5 Å². The van der Waals surface area contributed by atoms with Gasteiger partial charge >= 0.3 is 5.97 Å². The molecule has 23 heavy (non-hydrogen) atoms. The van der Waals surface area contributed by atoms with Crippen LogP contribution in [0.1, 0.15) is 27.3 Å². The molecule has 0 N–H and O–H groups in total. The lowest BCUT2D eigenvalue weighted by Gasteiger charge is -2.05. The van der Waals surface area contributed by atoms with E-state index in [-0.39, 0.29) is 5.97 Å². The normalized spacial score (nSPS) is 10.5. The molecule has 0 saturated heterocycles. The van der Waals surface area contributed by atoms with Crippen LogP contribution in [0.25, 0.3) is 0 Å². The highest BCUT2D eigenvalue weighted by Crippen LogP contribution is 2.10. The molecule has 0 bridgehead atoms. The summed E-state index contributed by atoms with van der Waals surface area (Å²) in [5.74, 6) is -0.360. The Labute approximate surface area is 133 Å². The summed E-state index contributed by atoms with van der Waals surface area (Å²) in [5, 5.41) is 4.16. The van der Waals surface area contributed by atoms with E-state index in [0.29, 0.717) is 18.5 Å². The average molecular weight is 308 g/mol. The predicted molar refractivity (Wildman–Crippen MR) is 83.9 cm³/mol. The Morgan fingerprint density at radius 1 is 1.17 bits per heavy atom. The van der Waals surface area contributed by atoms with Crippen molar-refractivity contribution in [3.8, 4) is 0 Å². The zero-order valence-electron chi connectivity index (χ0n) is 12.7. The molecule has 0 spiro atoms. The molecule has 0 aliphatic heterocycles. The number of methoxy groups -OCH3 is 1. The van der Waals surface area contributed by atoms with Crippen LogP contribution in [0.2, 0.25) is 0 Å². The van der Waals surface area contributed by atoms with E-state index in [4.69, 9.17) is 4.74 Å². The number of aromatic nitrogens is 4. The van der Waals surface area contributed by atoms with Crippen molar-refractivity contribution in [2.45, 2.75) is 13.0 Å². The number of esters is 1. The minimum Gasteiger partial charge on any atom is -0.465 e. The highest BCUT2D eigenvalue weighted by atomic mass is 16.5. The first-order valence-corrected chi connectivity index (χ1v) is 7.19. The average Bonchev–Trinajstić information content (AvgIpc) is 3.09. The van der Waals surface area contributed by atoms with Crippen LogP contribution in [0.3, 0.4) is 0 Å². The molecule has 3 rings (SSSR count). The first kappa shape index (κ1) is 14.9. The van der Waals surface area contributed by atoms with Gasteiger partial charge in [-0.15, -0.1) is 0 Å². The van der Waals surface area contributed by atoms with Crippen LogP contribution in [0.5, 0.6) is 0 Å². The molecule has 6 nitrogen and oxygen atoms in total. The van der Waals surface area contributed by atoms with Gasteiger partial charge in [0.2, 0.25) is 0 Å². The second-order valence-electron chi connectivity index (χ2n) is 5.07. The third kappa shape index (κ3) is 3.79. The maximum atomic E-state index is 11.5. The quantitative estimate of drug-likeness (QED) is 0.675. The van der Waals surface area contributed by atoms with E-state index in [0.717, 1.165) is 17.0 Å². The van der Waals surface area contributed by atoms with Crippen LogP contribution in [0, 0.1) is 0 Å². The van der Waals surface area contributed by atoms with Crippen molar-refractivity contribution in [3.63, 3.8) is 0 Å². The van der Waals surface area contributed by atoms with Gasteiger partial charge in [-0.05, 0) is 29.8 Å². The number of nitrogens with zero attached hydrogens (tertiary/aromatic N) is 4. The van der Waals surface area contributed by atoms with Gasteiger partial charge in [0.15, 0.2) is 0 Å². The minimum absolute atomic E-state index is 0.360. The van der Waals surface area contributed by atoms with Crippen LogP contribution >= 0.6 is 0 Å². The zero-order valence-corrected chi connectivity index (χ0v) is 12.7. The van der Waals surface area contributed by atoms with Gasteiger partial charge in [0.1, 0.15) is 0 Å². The van der Waals surface area contributed by atoms with Crippen molar-refractivity contribution in [2.75, 3.05) is 7.11 Å². The molecular weight excluding hydrogens is 292 g/mol. The molecule has 0 aromatic carbocycles. The number of hydrogen-bond donors (Lipinski definition) is 0. The van der Waals surface area contributed by atoms with Gasteiger partial charge in [-0.3, -0.25) is 14.6 Å². The second kappa shape index (κ2) is 6.83. The first-order valence-electron chi connectivity index (χ1n) is 7.19. The number of hydrogen-bond acceptors (Lipinski definition) is 5. The topological polar surface area (TPSA) is 69.9 Å². The molecule has 0 radical (unpaired) electrons. The van der Waals surface area contributed by atoms with Gasteiger partial charge in [-0.25, -0.2) is 4.79 Å². The molecule has 0 saturated carbocycles. The Kier molecular flexibility index (Phi) is 4.42. The van der Waals surface area contributed by atoms with Crippen LogP contribution in [-0.2, 0) is 17.7 Å². The summed E-state index contributed by atoms with van der Waals surface area (Å²) in [6.45, 7) is 0.642. The number of rotatable bonds is 5. The standard InChI is InChI=1S/C17H16N4O2/c1-23-17(22)14-5-7-18-16(10-14)9-13-3-4-15(19-11-13)12-21-8-2-6-20-21/h2-8,10-11H,9,12H2,1H3. The molecule has 116 valence electrons. The molecule has 0 aliphatic rings. The van der Waals surface area contributed by atoms with Crippen LogP contribution in [0.15, 0.2) is 55.1 Å². The third-order valence-electron chi connectivity index (χ3n) is 3.39. The number of carbonyl (C=O) groups excluding carboxylic acids is 1. The zero-order chi connectivity index (χ0) is 16.1. The van der Waals surface area contributed by atoms with Crippen LogP contribution < -0.4 is 0 Å². The molecule has 0 unspecified atom stereocenters. The largest absolute Gasteiger partial charge is 0.465 e. The molecule has 0 aliphatic carbocycles. The lowest BCUT2D eigenvalue weighted by atomic mass is 10.1. The Bertz CT molecular complexity index is 783. The summed E-state index contributed by atoms with van der Waals surface area (Å²) >= 11 is 0. The van der Waals surface area contributed by atoms with E-state index in [1.807, 2.05) is 35.3 Å². The summed E-state index contributed by atoms with van der Waals surface area (Å²) in [5.41, 5.74) is 3.27. The van der Waals surface area contributed by atoms with Gasteiger partial charge in [0.25, 0.3) is 0 Å². The Balaban J connectivity index is 1.69. The molecule has 0 atom stereocenters. The van der Waals surface area contributed by atoms with Crippen molar-refractivity contribution in [1.29, 1.82) is 0 Å². The smallest absolute Gasteiger partial charge is 0.337 e. The summed E-state index contributed by atoms with van der Waals surface area (Å²) in [4.78, 5) is 20.3. The van der Waals surface area contributed by atoms with E-state index >= 15 is 0 Å². The van der Waals surface area contributed by atoms with Crippen molar-refractivity contribution in [3.05, 3.63) is 77.6 Å². The molecule has 3 aromatic heterocycles. The molecule has 0 amide bonds.